The van der Waals surface area contributed by atoms with E-state index in [1.54, 1.807) is 38.2 Å². The summed E-state index contributed by atoms with van der Waals surface area (Å²) >= 11 is 9.47. The molecule has 111 valence electrons. The first-order chi connectivity index (χ1) is 10.0. The van der Waals surface area contributed by atoms with Crippen LogP contribution in [0.2, 0.25) is 5.02 Å². The molecule has 1 aromatic carbocycles. The Morgan fingerprint density at radius 1 is 1.45 bits per heavy atom. The molecular formula is C16H12BrClNO2Y-. The van der Waals surface area contributed by atoms with Gasteiger partial charge < -0.3 is 9.30 Å². The van der Waals surface area contributed by atoms with E-state index in [0.29, 0.717) is 27.5 Å². The van der Waals surface area contributed by atoms with Crippen LogP contribution in [0.5, 0.6) is 5.75 Å². The fraction of sp³-hybridized carbons (Fsp3) is 0.188. The molecule has 0 spiro atoms. The van der Waals surface area contributed by atoms with Crippen molar-refractivity contribution in [1.29, 1.82) is 0 Å². The van der Waals surface area contributed by atoms with Gasteiger partial charge in [-0.25, -0.2) is 0 Å². The van der Waals surface area contributed by atoms with Crippen molar-refractivity contribution in [3.8, 4) is 28.8 Å². The molecule has 0 amide bonds. The van der Waals surface area contributed by atoms with E-state index in [1.807, 2.05) is 0 Å². The maximum absolute atomic E-state index is 11.9. The van der Waals surface area contributed by atoms with Crippen molar-refractivity contribution in [3.63, 3.8) is 0 Å². The molecule has 22 heavy (non-hydrogen) atoms. The van der Waals surface area contributed by atoms with Crippen LogP contribution in [0, 0.1) is 17.9 Å². The van der Waals surface area contributed by atoms with Gasteiger partial charge in [-0.1, -0.05) is 28.8 Å². The van der Waals surface area contributed by atoms with Crippen LogP contribution in [-0.2, 0) is 39.8 Å². The Bertz CT molecular complexity index is 793. The molecule has 2 rings (SSSR count). The van der Waals surface area contributed by atoms with Gasteiger partial charge in [0.2, 0.25) is 5.56 Å². The van der Waals surface area contributed by atoms with Crippen molar-refractivity contribution >= 4 is 27.5 Å². The van der Waals surface area contributed by atoms with Crippen LogP contribution in [-0.4, -0.2) is 11.2 Å². The minimum atomic E-state index is -0.140. The maximum Gasteiger partial charge on any atom is 0.208 e. The smallest absolute Gasteiger partial charge is 0.208 e. The van der Waals surface area contributed by atoms with Gasteiger partial charge in [0, 0.05) is 39.8 Å². The number of benzene rings is 1. The van der Waals surface area contributed by atoms with E-state index in [4.69, 9.17) is 16.3 Å². The van der Waals surface area contributed by atoms with E-state index in [1.165, 1.54) is 4.57 Å². The van der Waals surface area contributed by atoms with Gasteiger partial charge in [0.25, 0.3) is 0 Å². The molecule has 0 atom stereocenters. The number of pyridine rings is 1. The maximum atomic E-state index is 11.9. The van der Waals surface area contributed by atoms with Gasteiger partial charge in [0.1, 0.15) is 12.4 Å². The molecule has 0 bridgehead atoms. The zero-order valence-corrected chi connectivity index (χ0v) is 17.3. The van der Waals surface area contributed by atoms with E-state index in [0.717, 1.165) is 5.56 Å². The Balaban J connectivity index is 0.00000242. The number of aromatic nitrogens is 1. The second-order valence-electron chi connectivity index (χ2n) is 4.21. The summed E-state index contributed by atoms with van der Waals surface area (Å²) in [6, 6.07) is 9.93. The third-order valence-electron chi connectivity index (χ3n) is 2.86. The molecular weight excluding hydrogens is 442 g/mol. The van der Waals surface area contributed by atoms with Crippen molar-refractivity contribution in [2.45, 2.75) is 6.92 Å². The minimum absolute atomic E-state index is 0. The number of nitrogens with zero attached hydrogens (tertiary/aromatic N) is 1. The van der Waals surface area contributed by atoms with Crippen molar-refractivity contribution in [2.24, 2.45) is 7.05 Å². The van der Waals surface area contributed by atoms with E-state index in [-0.39, 0.29) is 38.3 Å². The predicted octanol–water partition coefficient (Wildman–Crippen LogP) is 3.67. The van der Waals surface area contributed by atoms with E-state index < -0.39 is 0 Å². The average Bonchev–Trinajstić information content (AvgIpc) is 2.46. The Kier molecular flexibility index (Phi) is 7.86. The van der Waals surface area contributed by atoms with Crippen molar-refractivity contribution in [2.75, 3.05) is 6.61 Å². The summed E-state index contributed by atoms with van der Waals surface area (Å²) in [4.78, 5) is 11.9. The number of halogens is 2. The molecule has 0 saturated heterocycles. The van der Waals surface area contributed by atoms with Crippen molar-refractivity contribution in [3.05, 3.63) is 50.2 Å². The molecule has 0 aliphatic heterocycles. The standard InChI is InChI=1S/C16H12BrClNO2.Y/c1-3-4-9-21-11-5-6-12(14(18)10-11)15-8-7-13(17)16(20)19(15)2;/h5-7,10H,9H2,1-2H3;/q-1;. The normalized spacial score (nSPS) is 9.45. The van der Waals surface area contributed by atoms with Crippen LogP contribution < -0.4 is 10.3 Å². The molecule has 0 fully saturated rings. The third kappa shape index (κ3) is 4.46. The molecule has 1 aromatic heterocycles. The molecule has 1 heterocycles. The second kappa shape index (κ2) is 8.89. The molecule has 1 radical (unpaired) electrons. The van der Waals surface area contributed by atoms with E-state index in [9.17, 15) is 4.79 Å². The Hall–Kier alpha value is -0.596. The molecule has 0 aliphatic rings. The topological polar surface area (TPSA) is 31.2 Å². The third-order valence-corrected chi connectivity index (χ3v) is 3.74. The average molecular weight is 455 g/mol. The van der Waals surface area contributed by atoms with Crippen molar-refractivity contribution < 1.29 is 37.4 Å². The summed E-state index contributed by atoms with van der Waals surface area (Å²) in [5, 5.41) is 0.491. The largest absolute Gasteiger partial charge is 0.481 e. The van der Waals surface area contributed by atoms with Crippen LogP contribution in [0.25, 0.3) is 11.3 Å². The van der Waals surface area contributed by atoms with Crippen LogP contribution in [0.4, 0.5) is 0 Å². The summed E-state index contributed by atoms with van der Waals surface area (Å²) in [7, 11) is 1.68. The summed E-state index contributed by atoms with van der Waals surface area (Å²) in [5.41, 5.74) is 1.20. The summed E-state index contributed by atoms with van der Waals surface area (Å²) < 4.78 is 7.40. The number of hydrogen-bond donors (Lipinski definition) is 0. The quantitative estimate of drug-likeness (QED) is 0.524. The predicted molar refractivity (Wildman–Crippen MR) is 87.6 cm³/mol. The minimum Gasteiger partial charge on any atom is -0.481 e. The zero-order valence-electron chi connectivity index (χ0n) is 12.1. The molecule has 0 unspecified atom stereocenters. The molecule has 2 aromatic rings. The van der Waals surface area contributed by atoms with Crippen LogP contribution in [0.1, 0.15) is 6.92 Å². The zero-order chi connectivity index (χ0) is 15.4. The van der Waals surface area contributed by atoms with Gasteiger partial charge in [-0.2, -0.15) is 12.1 Å². The van der Waals surface area contributed by atoms with Gasteiger partial charge in [-0.15, -0.1) is 27.9 Å². The summed E-state index contributed by atoms with van der Waals surface area (Å²) in [5.74, 6) is 6.20. The van der Waals surface area contributed by atoms with Crippen LogP contribution >= 0.6 is 27.5 Å². The first-order valence-electron chi connectivity index (χ1n) is 6.14. The van der Waals surface area contributed by atoms with Gasteiger partial charge in [-0.05, 0) is 28.6 Å². The molecule has 0 N–H and O–H groups in total. The number of ether oxygens (including phenoxy) is 1. The Morgan fingerprint density at radius 2 is 2.18 bits per heavy atom. The fourth-order valence-electron chi connectivity index (χ4n) is 1.78. The van der Waals surface area contributed by atoms with Gasteiger partial charge >= 0.3 is 0 Å². The van der Waals surface area contributed by atoms with Crippen LogP contribution in [0.15, 0.2) is 33.5 Å². The first-order valence-corrected chi connectivity index (χ1v) is 7.31. The molecule has 3 nitrogen and oxygen atoms in total. The second-order valence-corrected chi connectivity index (χ2v) is 5.47. The first kappa shape index (κ1) is 19.5. The Morgan fingerprint density at radius 3 is 2.82 bits per heavy atom. The van der Waals surface area contributed by atoms with E-state index >= 15 is 0 Å². The summed E-state index contributed by atoms with van der Waals surface area (Å²) in [6.45, 7) is 2.07. The van der Waals surface area contributed by atoms with Gasteiger partial charge in [0.05, 0.1) is 0 Å². The summed E-state index contributed by atoms with van der Waals surface area (Å²) in [6.07, 6.45) is 0. The number of rotatable bonds is 3. The molecule has 0 aliphatic carbocycles. The number of hydrogen-bond acceptors (Lipinski definition) is 2. The van der Waals surface area contributed by atoms with E-state index in [2.05, 4.69) is 33.8 Å². The molecule has 6 heteroatoms. The SMILES string of the molecule is CC#CCOc1ccc(-c2[c-]cc(Br)c(=O)n2C)c(Cl)c1.[Y]. The monoisotopic (exact) mass is 453 g/mol. The Labute approximate surface area is 168 Å². The van der Waals surface area contributed by atoms with Crippen molar-refractivity contribution in [1.82, 2.24) is 4.57 Å². The fourth-order valence-corrected chi connectivity index (χ4v) is 2.42. The molecule has 0 saturated carbocycles. The van der Waals surface area contributed by atoms with Crippen LogP contribution in [0.3, 0.4) is 0 Å². The van der Waals surface area contributed by atoms with Gasteiger partial charge in [-0.3, -0.25) is 4.79 Å². The van der Waals surface area contributed by atoms with Gasteiger partial charge in [0.15, 0.2) is 0 Å².